The maximum atomic E-state index is 11.7. The molecule has 1 saturated heterocycles. The van der Waals surface area contributed by atoms with E-state index >= 15 is 0 Å². The lowest BCUT2D eigenvalue weighted by Gasteiger charge is -2.28. The predicted octanol–water partition coefficient (Wildman–Crippen LogP) is 2.26. The van der Waals surface area contributed by atoms with Gasteiger partial charge in [0.05, 0.1) is 4.92 Å². The Balaban J connectivity index is 0.00000180. The zero-order chi connectivity index (χ0) is 13.3. The number of hydrogen-bond donors (Lipinski definition) is 0. The van der Waals surface area contributed by atoms with Crippen LogP contribution in [-0.2, 0) is 0 Å². The van der Waals surface area contributed by atoms with Gasteiger partial charge < -0.3 is 10.1 Å². The van der Waals surface area contributed by atoms with Crippen molar-refractivity contribution in [3.05, 3.63) is 32.8 Å². The molecular weight excluding hydrogens is 270 g/mol. The number of nitrogens with zero attached hydrogens (tertiary/aromatic N) is 3. The van der Waals surface area contributed by atoms with E-state index in [-0.39, 0.29) is 23.8 Å². The molecule has 0 aliphatic carbocycles. The van der Waals surface area contributed by atoms with Crippen molar-refractivity contribution in [2.24, 2.45) is 0 Å². The number of hydrogen-bond acceptors (Lipinski definition) is 4. The van der Waals surface area contributed by atoms with Gasteiger partial charge in [0.2, 0.25) is 0 Å². The van der Waals surface area contributed by atoms with Crippen LogP contribution in [0.15, 0.2) is 6.07 Å². The van der Waals surface area contributed by atoms with Gasteiger partial charge in [0, 0.05) is 33.0 Å². The number of rotatable bonds is 2. The molecule has 1 aliphatic heterocycles. The van der Waals surface area contributed by atoms with Gasteiger partial charge in [-0.25, -0.2) is 0 Å². The molecule has 106 valence electrons. The Bertz CT molecular complexity index is 488. The van der Waals surface area contributed by atoms with Crippen LogP contribution in [0.4, 0.5) is 11.4 Å². The van der Waals surface area contributed by atoms with Crippen molar-refractivity contribution in [2.75, 3.05) is 18.0 Å². The second-order valence-corrected chi connectivity index (χ2v) is 4.70. The van der Waals surface area contributed by atoms with Gasteiger partial charge >= 0.3 is 5.69 Å². The van der Waals surface area contributed by atoms with Crippen LogP contribution in [0.5, 0.6) is 0 Å². The maximum Gasteiger partial charge on any atom is 0.359 e. The molecule has 0 spiro atoms. The largest absolute Gasteiger partial charge is 0.618 e. The minimum atomic E-state index is -0.451. The van der Waals surface area contributed by atoms with Crippen molar-refractivity contribution in [3.63, 3.8) is 0 Å². The highest BCUT2D eigenvalue weighted by molar-refractivity contribution is 5.85. The van der Waals surface area contributed by atoms with Crippen LogP contribution < -0.4 is 9.63 Å². The van der Waals surface area contributed by atoms with Crippen LogP contribution in [-0.4, -0.2) is 18.0 Å². The van der Waals surface area contributed by atoms with Crippen molar-refractivity contribution in [3.8, 4) is 0 Å². The Labute approximate surface area is 118 Å². The highest BCUT2D eigenvalue weighted by Crippen LogP contribution is 2.32. The zero-order valence-electron chi connectivity index (χ0n) is 11.1. The first kappa shape index (κ1) is 15.5. The third-order valence-electron chi connectivity index (χ3n) is 3.44. The lowest BCUT2D eigenvalue weighted by atomic mass is 10.1. The molecule has 0 unspecified atom stereocenters. The highest BCUT2D eigenvalue weighted by atomic mass is 35.5. The van der Waals surface area contributed by atoms with Crippen molar-refractivity contribution < 1.29 is 9.65 Å². The number of aromatic nitrogens is 1. The minimum Gasteiger partial charge on any atom is -0.618 e. The summed E-state index contributed by atoms with van der Waals surface area (Å²) in [6.07, 6.45) is 3.25. The van der Waals surface area contributed by atoms with Gasteiger partial charge in [0.25, 0.3) is 5.69 Å². The summed E-state index contributed by atoms with van der Waals surface area (Å²) >= 11 is 0. The standard InChI is InChI=1S/C12H17N3O3.ClH/c1-9-8-11(13-6-4-3-5-7-13)12(15(17)18)10(2)14(9)16;/h8H,3-7H2,1-2H3;1H. The quantitative estimate of drug-likeness (QED) is 0.362. The molecule has 19 heavy (non-hydrogen) atoms. The Morgan fingerprint density at radius 3 is 2.37 bits per heavy atom. The number of piperidine rings is 1. The Kier molecular flexibility index (Phi) is 4.94. The fourth-order valence-electron chi connectivity index (χ4n) is 2.47. The van der Waals surface area contributed by atoms with E-state index in [4.69, 9.17) is 0 Å². The van der Waals surface area contributed by atoms with E-state index in [1.165, 1.54) is 6.92 Å². The van der Waals surface area contributed by atoms with Crippen molar-refractivity contribution in [2.45, 2.75) is 33.1 Å². The van der Waals surface area contributed by atoms with Gasteiger partial charge in [-0.3, -0.25) is 10.1 Å². The third-order valence-corrected chi connectivity index (χ3v) is 3.44. The smallest absolute Gasteiger partial charge is 0.359 e. The molecule has 1 aromatic heterocycles. The number of halogens is 1. The lowest BCUT2D eigenvalue weighted by molar-refractivity contribution is -0.623. The van der Waals surface area contributed by atoms with E-state index < -0.39 is 4.92 Å². The third kappa shape index (κ3) is 2.89. The molecule has 0 N–H and O–H groups in total. The zero-order valence-corrected chi connectivity index (χ0v) is 11.9. The average molecular weight is 288 g/mol. The maximum absolute atomic E-state index is 11.7. The Morgan fingerprint density at radius 2 is 1.84 bits per heavy atom. The van der Waals surface area contributed by atoms with Crippen LogP contribution in [0.1, 0.15) is 30.7 Å². The monoisotopic (exact) mass is 287 g/mol. The summed E-state index contributed by atoms with van der Waals surface area (Å²) in [6, 6.07) is 1.63. The number of pyridine rings is 1. The van der Waals surface area contributed by atoms with Crippen LogP contribution in [0.3, 0.4) is 0 Å². The van der Waals surface area contributed by atoms with Gasteiger partial charge in [-0.05, 0) is 19.3 Å². The van der Waals surface area contributed by atoms with Crippen LogP contribution in [0.2, 0.25) is 0 Å². The minimum absolute atomic E-state index is 0. The van der Waals surface area contributed by atoms with Crippen LogP contribution in [0.25, 0.3) is 0 Å². The van der Waals surface area contributed by atoms with E-state index in [2.05, 4.69) is 0 Å². The number of aryl methyl sites for hydroxylation is 1. The average Bonchev–Trinajstić information content (AvgIpc) is 2.36. The summed E-state index contributed by atoms with van der Waals surface area (Å²) in [7, 11) is 0. The normalized spacial score (nSPS) is 14.9. The molecule has 0 saturated carbocycles. The summed E-state index contributed by atoms with van der Waals surface area (Å²) in [4.78, 5) is 12.7. The number of nitro groups is 1. The molecule has 0 amide bonds. The van der Waals surface area contributed by atoms with E-state index in [0.29, 0.717) is 16.1 Å². The van der Waals surface area contributed by atoms with Gasteiger partial charge in [0.1, 0.15) is 5.69 Å². The van der Waals surface area contributed by atoms with Crippen molar-refractivity contribution in [1.29, 1.82) is 0 Å². The summed E-state index contributed by atoms with van der Waals surface area (Å²) in [5, 5.41) is 22.9. The van der Waals surface area contributed by atoms with E-state index in [9.17, 15) is 15.3 Å². The summed E-state index contributed by atoms with van der Waals surface area (Å²) < 4.78 is 0.631. The van der Waals surface area contributed by atoms with Gasteiger partial charge in [-0.15, -0.1) is 12.4 Å². The molecule has 0 atom stereocenters. The Morgan fingerprint density at radius 1 is 1.26 bits per heavy atom. The topological polar surface area (TPSA) is 73.3 Å². The van der Waals surface area contributed by atoms with Crippen molar-refractivity contribution in [1.82, 2.24) is 0 Å². The summed E-state index contributed by atoms with van der Waals surface area (Å²) in [5.74, 6) is 0. The highest BCUT2D eigenvalue weighted by Gasteiger charge is 2.30. The van der Waals surface area contributed by atoms with E-state index in [1.807, 2.05) is 4.90 Å². The van der Waals surface area contributed by atoms with Crippen LogP contribution in [0, 0.1) is 29.2 Å². The van der Waals surface area contributed by atoms with E-state index in [0.717, 1.165) is 32.4 Å². The van der Waals surface area contributed by atoms with Gasteiger partial charge in [-0.1, -0.05) is 0 Å². The Hall–Kier alpha value is -1.56. The first-order chi connectivity index (χ1) is 8.52. The van der Waals surface area contributed by atoms with Gasteiger partial charge in [0.15, 0.2) is 5.69 Å². The summed E-state index contributed by atoms with van der Waals surface area (Å²) in [6.45, 7) is 4.83. The number of anilines is 1. The summed E-state index contributed by atoms with van der Waals surface area (Å²) in [5.41, 5.74) is 1.19. The molecule has 2 heterocycles. The second kappa shape index (κ2) is 6.06. The fourth-order valence-corrected chi connectivity index (χ4v) is 2.47. The SMILES string of the molecule is Cc1cc(N2CCCCC2)c([N+](=O)[O-])c(C)[n+]1[O-].Cl. The molecule has 2 rings (SSSR count). The molecule has 7 heteroatoms. The molecule has 1 fully saturated rings. The molecule has 0 aromatic carbocycles. The van der Waals surface area contributed by atoms with Gasteiger partial charge in [-0.2, -0.15) is 4.73 Å². The molecule has 1 aliphatic rings. The van der Waals surface area contributed by atoms with Crippen LogP contribution >= 0.6 is 12.4 Å². The van der Waals surface area contributed by atoms with E-state index in [1.54, 1.807) is 13.0 Å². The second-order valence-electron chi connectivity index (χ2n) is 4.70. The fraction of sp³-hybridized carbons (Fsp3) is 0.583. The first-order valence-corrected chi connectivity index (χ1v) is 6.15. The molecule has 0 radical (unpaired) electrons. The predicted molar refractivity (Wildman–Crippen MR) is 74.8 cm³/mol. The molecule has 0 bridgehead atoms. The van der Waals surface area contributed by atoms with Crippen molar-refractivity contribution >= 4 is 23.8 Å². The lowest BCUT2D eigenvalue weighted by Crippen LogP contribution is -2.37. The molecular formula is C12H18ClN3O3. The molecule has 6 nitrogen and oxygen atoms in total. The molecule has 1 aromatic rings. The first-order valence-electron chi connectivity index (χ1n) is 6.15.